The minimum atomic E-state index is -4.25. The summed E-state index contributed by atoms with van der Waals surface area (Å²) in [6.45, 7) is 0.0962. The number of hydrogen-bond acceptors (Lipinski definition) is 3. The van der Waals surface area contributed by atoms with Crippen LogP contribution in [0.4, 0.5) is 17.6 Å². The maximum absolute atomic E-state index is 12.5. The lowest BCUT2D eigenvalue weighted by Crippen LogP contribution is -2.33. The zero-order chi connectivity index (χ0) is 15.2. The van der Waals surface area contributed by atoms with Crippen LogP contribution in [-0.4, -0.2) is 38.0 Å². The van der Waals surface area contributed by atoms with Gasteiger partial charge in [-0.3, -0.25) is 4.79 Å². The van der Waals surface area contributed by atoms with Gasteiger partial charge in [-0.25, -0.2) is 8.78 Å². The lowest BCUT2D eigenvalue weighted by atomic mass is 10.1. The van der Waals surface area contributed by atoms with E-state index in [9.17, 15) is 22.4 Å². The number of carbonyl (C=O) groups is 1. The summed E-state index contributed by atoms with van der Waals surface area (Å²) in [6, 6.07) is 5.98. The van der Waals surface area contributed by atoms with Gasteiger partial charge in [-0.05, 0) is 31.2 Å². The highest BCUT2D eigenvalue weighted by Crippen LogP contribution is 2.23. The third-order valence-corrected chi connectivity index (χ3v) is 2.33. The monoisotopic (exact) mass is 294 g/mol. The molecule has 0 saturated carbocycles. The van der Waals surface area contributed by atoms with E-state index in [1.165, 1.54) is 12.1 Å². The molecule has 0 aliphatic heterocycles. The number of ether oxygens (including phenoxy) is 2. The molecule has 0 N–H and O–H groups in total. The maximum Gasteiger partial charge on any atom is 0.330 e. The molecule has 1 aromatic carbocycles. The highest BCUT2D eigenvalue weighted by atomic mass is 19.3. The Morgan fingerprint density at radius 1 is 1.25 bits per heavy atom. The molecule has 0 radical (unpaired) electrons. The van der Waals surface area contributed by atoms with E-state index < -0.39 is 31.3 Å². The summed E-state index contributed by atoms with van der Waals surface area (Å²) < 4.78 is 58.3. The number of rotatable bonds is 8. The highest BCUT2D eigenvalue weighted by Gasteiger charge is 2.41. The number of benzene rings is 1. The Balaban J connectivity index is 2.47. The number of alkyl halides is 4. The van der Waals surface area contributed by atoms with Gasteiger partial charge in [0.15, 0.2) is 5.78 Å². The van der Waals surface area contributed by atoms with Gasteiger partial charge in [0, 0.05) is 5.56 Å². The number of ketones is 1. The van der Waals surface area contributed by atoms with Gasteiger partial charge in [0.25, 0.3) is 0 Å². The zero-order valence-electron chi connectivity index (χ0n) is 10.7. The largest absolute Gasteiger partial charge is 0.494 e. The SMILES string of the molecule is CCOc1ccc(C(=O)COCC(F)(F)C(F)F)cc1. The molecule has 0 fully saturated rings. The van der Waals surface area contributed by atoms with Gasteiger partial charge in [-0.15, -0.1) is 0 Å². The summed E-state index contributed by atoms with van der Waals surface area (Å²) in [5, 5.41) is 0. The molecule has 0 amide bonds. The molecule has 0 aliphatic carbocycles. The van der Waals surface area contributed by atoms with E-state index >= 15 is 0 Å². The second kappa shape index (κ2) is 7.23. The molecule has 0 atom stereocenters. The van der Waals surface area contributed by atoms with E-state index in [1.807, 2.05) is 0 Å². The fourth-order valence-corrected chi connectivity index (χ4v) is 1.33. The molecule has 0 bridgehead atoms. The van der Waals surface area contributed by atoms with Crippen molar-refractivity contribution in [1.29, 1.82) is 0 Å². The van der Waals surface area contributed by atoms with Crippen molar-refractivity contribution in [3.8, 4) is 5.75 Å². The minimum absolute atomic E-state index is 0.230. The van der Waals surface area contributed by atoms with Crippen LogP contribution >= 0.6 is 0 Å². The van der Waals surface area contributed by atoms with Crippen LogP contribution in [-0.2, 0) is 4.74 Å². The van der Waals surface area contributed by atoms with Crippen molar-refractivity contribution >= 4 is 5.78 Å². The lowest BCUT2D eigenvalue weighted by Gasteiger charge is -2.14. The van der Waals surface area contributed by atoms with Gasteiger partial charge in [-0.2, -0.15) is 8.78 Å². The fraction of sp³-hybridized carbons (Fsp3) is 0.462. The Morgan fingerprint density at radius 2 is 1.85 bits per heavy atom. The van der Waals surface area contributed by atoms with E-state index in [0.29, 0.717) is 12.4 Å². The predicted octanol–water partition coefficient (Wildman–Crippen LogP) is 3.19. The van der Waals surface area contributed by atoms with Crippen LogP contribution in [0.5, 0.6) is 5.75 Å². The van der Waals surface area contributed by atoms with Crippen LogP contribution in [0.15, 0.2) is 24.3 Å². The van der Waals surface area contributed by atoms with E-state index in [1.54, 1.807) is 19.1 Å². The van der Waals surface area contributed by atoms with Crippen LogP contribution in [0.2, 0.25) is 0 Å². The van der Waals surface area contributed by atoms with Gasteiger partial charge in [0.05, 0.1) is 6.61 Å². The van der Waals surface area contributed by atoms with Crippen molar-refractivity contribution in [1.82, 2.24) is 0 Å². The summed E-state index contributed by atoms with van der Waals surface area (Å²) in [5.41, 5.74) is 0.230. The summed E-state index contributed by atoms with van der Waals surface area (Å²) >= 11 is 0. The standard InChI is InChI=1S/C13H14F4O3/c1-2-20-10-5-3-9(4-6-10)11(18)7-19-8-13(16,17)12(14)15/h3-6,12H,2,7-8H2,1H3. The number of Topliss-reactive ketones (excluding diaryl/α,β-unsaturated/α-hetero) is 1. The topological polar surface area (TPSA) is 35.5 Å². The summed E-state index contributed by atoms with van der Waals surface area (Å²) in [4.78, 5) is 11.6. The van der Waals surface area contributed by atoms with Crippen LogP contribution in [0, 0.1) is 0 Å². The normalized spacial score (nSPS) is 11.7. The van der Waals surface area contributed by atoms with Crippen LogP contribution in [0.3, 0.4) is 0 Å². The molecular weight excluding hydrogens is 280 g/mol. The van der Waals surface area contributed by atoms with Crippen molar-refractivity contribution in [2.75, 3.05) is 19.8 Å². The second-order valence-electron chi connectivity index (χ2n) is 3.94. The van der Waals surface area contributed by atoms with Crippen molar-refractivity contribution in [3.05, 3.63) is 29.8 Å². The molecule has 0 aromatic heterocycles. The van der Waals surface area contributed by atoms with E-state index in [4.69, 9.17) is 4.74 Å². The van der Waals surface area contributed by atoms with Crippen molar-refractivity contribution in [2.24, 2.45) is 0 Å². The lowest BCUT2D eigenvalue weighted by molar-refractivity contribution is -0.163. The van der Waals surface area contributed by atoms with E-state index in [0.717, 1.165) is 0 Å². The third-order valence-electron chi connectivity index (χ3n) is 2.33. The average molecular weight is 294 g/mol. The maximum atomic E-state index is 12.5. The molecule has 3 nitrogen and oxygen atoms in total. The smallest absolute Gasteiger partial charge is 0.330 e. The molecule has 0 unspecified atom stereocenters. The molecule has 0 spiro atoms. The number of halogens is 4. The number of carbonyl (C=O) groups excluding carboxylic acids is 1. The molecule has 7 heteroatoms. The van der Waals surface area contributed by atoms with Crippen molar-refractivity contribution in [2.45, 2.75) is 19.3 Å². The molecular formula is C13H14F4O3. The first-order valence-corrected chi connectivity index (χ1v) is 5.86. The van der Waals surface area contributed by atoms with Gasteiger partial charge in [-0.1, -0.05) is 0 Å². The Kier molecular flexibility index (Phi) is 5.94. The Hall–Kier alpha value is -1.63. The predicted molar refractivity (Wildman–Crippen MR) is 63.7 cm³/mol. The molecule has 0 saturated heterocycles. The first-order valence-electron chi connectivity index (χ1n) is 5.86. The minimum Gasteiger partial charge on any atom is -0.494 e. The first kappa shape index (κ1) is 16.4. The molecule has 1 rings (SSSR count). The quantitative estimate of drug-likeness (QED) is 0.545. The Labute approximate surface area is 113 Å². The molecule has 112 valence electrons. The molecule has 0 aliphatic rings. The van der Waals surface area contributed by atoms with Crippen LogP contribution in [0.25, 0.3) is 0 Å². The summed E-state index contributed by atoms with van der Waals surface area (Å²) in [7, 11) is 0. The molecule has 1 aromatic rings. The van der Waals surface area contributed by atoms with E-state index in [-0.39, 0.29) is 5.56 Å². The van der Waals surface area contributed by atoms with Crippen LogP contribution < -0.4 is 4.74 Å². The van der Waals surface area contributed by atoms with Crippen molar-refractivity contribution < 1.29 is 31.8 Å². The van der Waals surface area contributed by atoms with Crippen LogP contribution in [0.1, 0.15) is 17.3 Å². The number of hydrogen-bond donors (Lipinski definition) is 0. The molecule has 0 heterocycles. The average Bonchev–Trinajstić information content (AvgIpc) is 2.39. The fourth-order valence-electron chi connectivity index (χ4n) is 1.33. The summed E-state index contributed by atoms with van der Waals surface area (Å²) in [6.07, 6.45) is -3.82. The Bertz CT molecular complexity index is 432. The zero-order valence-corrected chi connectivity index (χ0v) is 10.7. The van der Waals surface area contributed by atoms with Crippen molar-refractivity contribution in [3.63, 3.8) is 0 Å². The van der Waals surface area contributed by atoms with Gasteiger partial charge in [0.1, 0.15) is 19.0 Å². The molecule has 20 heavy (non-hydrogen) atoms. The van der Waals surface area contributed by atoms with Gasteiger partial charge in [0.2, 0.25) is 0 Å². The Morgan fingerprint density at radius 3 is 2.35 bits per heavy atom. The second-order valence-corrected chi connectivity index (χ2v) is 3.94. The van der Waals surface area contributed by atoms with Gasteiger partial charge >= 0.3 is 12.3 Å². The summed E-state index contributed by atoms with van der Waals surface area (Å²) in [5.74, 6) is -4.26. The third kappa shape index (κ3) is 4.80. The van der Waals surface area contributed by atoms with Gasteiger partial charge < -0.3 is 9.47 Å². The highest BCUT2D eigenvalue weighted by molar-refractivity contribution is 5.97. The van der Waals surface area contributed by atoms with E-state index in [2.05, 4.69) is 4.74 Å². The first-order chi connectivity index (χ1) is 9.36.